The predicted molar refractivity (Wildman–Crippen MR) is 69.2 cm³/mol. The average Bonchev–Trinajstić information content (AvgIpc) is 2.26. The minimum atomic E-state index is -0.955. The smallest absolute Gasteiger partial charge is 0.312 e. The molecule has 0 fully saturated rings. The van der Waals surface area contributed by atoms with E-state index in [1.807, 2.05) is 0 Å². The Labute approximate surface area is 105 Å². The Hall–Kier alpha value is -1.62. The largest absolute Gasteiger partial charge is 0.492 e. The van der Waals surface area contributed by atoms with Crippen LogP contribution in [0.2, 0.25) is 0 Å². The third-order valence-electron chi connectivity index (χ3n) is 2.32. The van der Waals surface area contributed by atoms with E-state index in [-0.39, 0.29) is 11.6 Å². The predicted octanol–water partition coefficient (Wildman–Crippen LogP) is 1.81. The van der Waals surface area contributed by atoms with Gasteiger partial charge in [-0.1, -0.05) is 24.4 Å². The second-order valence-corrected chi connectivity index (χ2v) is 4.78. The summed E-state index contributed by atoms with van der Waals surface area (Å²) < 4.78 is 5.48. The highest BCUT2D eigenvalue weighted by atomic mass is 32.1. The number of benzene rings is 1. The summed E-state index contributed by atoms with van der Waals surface area (Å²) in [4.78, 5) is 11.2. The molecule has 0 heterocycles. The lowest BCUT2D eigenvalue weighted by Crippen LogP contribution is -2.31. The lowest BCUT2D eigenvalue weighted by atomic mass is 9.95. The maximum Gasteiger partial charge on any atom is 0.312 e. The van der Waals surface area contributed by atoms with Gasteiger partial charge in [-0.15, -0.1) is 0 Å². The van der Waals surface area contributed by atoms with Gasteiger partial charge in [0, 0.05) is 0 Å². The highest BCUT2D eigenvalue weighted by Crippen LogP contribution is 2.22. The molecule has 0 aliphatic carbocycles. The Bertz CT molecular complexity index is 443. The van der Waals surface area contributed by atoms with Crippen molar-refractivity contribution < 1.29 is 14.6 Å². The second-order valence-electron chi connectivity index (χ2n) is 4.34. The van der Waals surface area contributed by atoms with Gasteiger partial charge in [-0.2, -0.15) is 0 Å². The molecule has 0 aliphatic heterocycles. The van der Waals surface area contributed by atoms with E-state index in [0.717, 1.165) is 0 Å². The van der Waals surface area contributed by atoms with Gasteiger partial charge in [0.2, 0.25) is 0 Å². The van der Waals surface area contributed by atoms with Gasteiger partial charge in [0.05, 0.1) is 11.0 Å². The van der Waals surface area contributed by atoms with Crippen LogP contribution in [0.4, 0.5) is 0 Å². The number of carboxylic acid groups (broad SMARTS) is 1. The third-order valence-corrected chi connectivity index (χ3v) is 2.54. The monoisotopic (exact) mass is 253 g/mol. The molecular formula is C12H15NO3S. The molecule has 0 spiro atoms. The van der Waals surface area contributed by atoms with Crippen LogP contribution in [0, 0.1) is 5.41 Å². The first-order valence-corrected chi connectivity index (χ1v) is 5.50. The fourth-order valence-corrected chi connectivity index (χ4v) is 1.28. The number of carboxylic acids is 1. The molecule has 0 radical (unpaired) electrons. The molecule has 0 aliphatic rings. The maximum atomic E-state index is 10.9. The Kier molecular flexibility index (Phi) is 4.07. The van der Waals surface area contributed by atoms with E-state index in [1.165, 1.54) is 0 Å². The van der Waals surface area contributed by atoms with Crippen LogP contribution >= 0.6 is 12.2 Å². The Morgan fingerprint density at radius 1 is 1.47 bits per heavy atom. The second kappa shape index (κ2) is 5.14. The van der Waals surface area contributed by atoms with Gasteiger partial charge in [0.15, 0.2) is 0 Å². The van der Waals surface area contributed by atoms with E-state index in [1.54, 1.807) is 38.1 Å². The Morgan fingerprint density at radius 3 is 2.59 bits per heavy atom. The van der Waals surface area contributed by atoms with Crippen molar-refractivity contribution in [3.8, 4) is 5.75 Å². The van der Waals surface area contributed by atoms with Gasteiger partial charge in [-0.25, -0.2) is 0 Å². The number of carbonyl (C=O) groups is 1. The quantitative estimate of drug-likeness (QED) is 0.783. The van der Waals surface area contributed by atoms with Crippen LogP contribution < -0.4 is 10.5 Å². The van der Waals surface area contributed by atoms with E-state index in [2.05, 4.69) is 0 Å². The molecule has 0 bridgehead atoms. The van der Waals surface area contributed by atoms with Gasteiger partial charge < -0.3 is 15.6 Å². The van der Waals surface area contributed by atoms with Crippen LogP contribution in [0.15, 0.2) is 24.3 Å². The van der Waals surface area contributed by atoms with Crippen LogP contribution in [0.1, 0.15) is 19.4 Å². The van der Waals surface area contributed by atoms with Crippen molar-refractivity contribution in [2.24, 2.45) is 11.1 Å². The molecular weight excluding hydrogens is 238 g/mol. The maximum absolute atomic E-state index is 10.9. The molecule has 0 atom stereocenters. The SMILES string of the molecule is CC(C)(COc1ccccc1C(N)=S)C(=O)O. The van der Waals surface area contributed by atoms with Crippen molar-refractivity contribution >= 4 is 23.2 Å². The standard InChI is InChI=1S/C12H15NO3S/c1-12(2,11(14)15)7-16-9-6-4-3-5-8(9)10(13)17/h3-6H,7H2,1-2H3,(H2,13,17)(H,14,15). The zero-order chi connectivity index (χ0) is 13.1. The summed E-state index contributed by atoms with van der Waals surface area (Å²) in [6.07, 6.45) is 0. The molecule has 4 nitrogen and oxygen atoms in total. The topological polar surface area (TPSA) is 72.5 Å². The zero-order valence-corrected chi connectivity index (χ0v) is 10.6. The summed E-state index contributed by atoms with van der Waals surface area (Å²) in [6, 6.07) is 7.03. The Morgan fingerprint density at radius 2 is 2.06 bits per heavy atom. The van der Waals surface area contributed by atoms with Crippen molar-refractivity contribution in [3.63, 3.8) is 0 Å². The van der Waals surface area contributed by atoms with Gasteiger partial charge in [-0.05, 0) is 26.0 Å². The summed E-state index contributed by atoms with van der Waals surface area (Å²) in [5.74, 6) is -0.403. The number of hydrogen-bond donors (Lipinski definition) is 2. The van der Waals surface area contributed by atoms with E-state index in [4.69, 9.17) is 27.8 Å². The molecule has 0 unspecified atom stereocenters. The number of thiocarbonyl (C=S) groups is 1. The van der Waals surface area contributed by atoms with Crippen molar-refractivity contribution in [2.75, 3.05) is 6.61 Å². The number of ether oxygens (including phenoxy) is 1. The average molecular weight is 253 g/mol. The van der Waals surface area contributed by atoms with E-state index in [0.29, 0.717) is 11.3 Å². The molecule has 1 aromatic rings. The van der Waals surface area contributed by atoms with Crippen LogP contribution in [0.5, 0.6) is 5.75 Å². The summed E-state index contributed by atoms with van der Waals surface area (Å²) in [5.41, 5.74) is 5.21. The first-order valence-electron chi connectivity index (χ1n) is 5.09. The first-order chi connectivity index (χ1) is 7.84. The van der Waals surface area contributed by atoms with Gasteiger partial charge in [0.25, 0.3) is 0 Å². The highest BCUT2D eigenvalue weighted by molar-refractivity contribution is 7.80. The minimum absolute atomic E-state index is 0.0575. The van der Waals surface area contributed by atoms with Gasteiger partial charge in [-0.3, -0.25) is 4.79 Å². The molecule has 0 saturated heterocycles. The summed E-state index contributed by atoms with van der Waals surface area (Å²) in [7, 11) is 0. The minimum Gasteiger partial charge on any atom is -0.492 e. The number of nitrogens with two attached hydrogens (primary N) is 1. The lowest BCUT2D eigenvalue weighted by Gasteiger charge is -2.20. The molecule has 5 heteroatoms. The molecule has 1 rings (SSSR count). The van der Waals surface area contributed by atoms with E-state index in [9.17, 15) is 4.79 Å². The van der Waals surface area contributed by atoms with Gasteiger partial charge >= 0.3 is 5.97 Å². The number of para-hydroxylation sites is 1. The summed E-state index contributed by atoms with van der Waals surface area (Å²) >= 11 is 4.89. The van der Waals surface area contributed by atoms with Crippen LogP contribution in [0.25, 0.3) is 0 Å². The fourth-order valence-electron chi connectivity index (χ4n) is 1.12. The Balaban J connectivity index is 2.83. The molecule has 0 amide bonds. The first kappa shape index (κ1) is 13.4. The zero-order valence-electron chi connectivity index (χ0n) is 9.77. The summed E-state index contributed by atoms with van der Waals surface area (Å²) in [6.45, 7) is 3.25. The fraction of sp³-hybridized carbons (Fsp3) is 0.333. The summed E-state index contributed by atoms with van der Waals surface area (Å²) in [5, 5.41) is 8.97. The number of hydrogen-bond acceptors (Lipinski definition) is 3. The van der Waals surface area contributed by atoms with Crippen molar-refractivity contribution in [3.05, 3.63) is 29.8 Å². The third kappa shape index (κ3) is 3.42. The van der Waals surface area contributed by atoms with Gasteiger partial charge in [0.1, 0.15) is 17.3 Å². The van der Waals surface area contributed by atoms with Crippen LogP contribution in [0.3, 0.4) is 0 Å². The molecule has 17 heavy (non-hydrogen) atoms. The molecule has 1 aromatic carbocycles. The highest BCUT2D eigenvalue weighted by Gasteiger charge is 2.28. The number of aliphatic carboxylic acids is 1. The van der Waals surface area contributed by atoms with Crippen LogP contribution in [-0.2, 0) is 4.79 Å². The van der Waals surface area contributed by atoms with Crippen LogP contribution in [-0.4, -0.2) is 22.7 Å². The van der Waals surface area contributed by atoms with E-state index >= 15 is 0 Å². The van der Waals surface area contributed by atoms with Crippen molar-refractivity contribution in [2.45, 2.75) is 13.8 Å². The molecule has 3 N–H and O–H groups in total. The molecule has 92 valence electrons. The normalized spacial score (nSPS) is 10.9. The van der Waals surface area contributed by atoms with E-state index < -0.39 is 11.4 Å². The molecule has 0 aromatic heterocycles. The van der Waals surface area contributed by atoms with Crippen molar-refractivity contribution in [1.29, 1.82) is 0 Å². The van der Waals surface area contributed by atoms with Crippen molar-refractivity contribution in [1.82, 2.24) is 0 Å². The lowest BCUT2D eigenvalue weighted by molar-refractivity contribution is -0.148. The number of rotatable bonds is 5. The molecule has 0 saturated carbocycles.